The predicted octanol–water partition coefficient (Wildman–Crippen LogP) is 4.80. The largest absolute Gasteiger partial charge is 0.298 e. The van der Waals surface area contributed by atoms with Gasteiger partial charge in [-0.05, 0) is 61.0 Å². The van der Waals surface area contributed by atoms with Gasteiger partial charge in [-0.1, -0.05) is 29.5 Å². The van der Waals surface area contributed by atoms with Gasteiger partial charge >= 0.3 is 0 Å². The summed E-state index contributed by atoms with van der Waals surface area (Å²) in [5.74, 6) is -1.04. The van der Waals surface area contributed by atoms with E-state index in [1.807, 2.05) is 25.1 Å². The first-order chi connectivity index (χ1) is 14.3. The number of amides is 1. The van der Waals surface area contributed by atoms with Crippen LogP contribution in [0.15, 0.2) is 71.6 Å². The molecule has 30 heavy (non-hydrogen) atoms. The lowest BCUT2D eigenvalue weighted by molar-refractivity contribution is 0.102. The summed E-state index contributed by atoms with van der Waals surface area (Å²) >= 11 is 1.33. The molecule has 6 nitrogen and oxygen atoms in total. The lowest BCUT2D eigenvalue weighted by Crippen LogP contribution is -2.18. The lowest BCUT2D eigenvalue weighted by atomic mass is 10.2. The van der Waals surface area contributed by atoms with Crippen molar-refractivity contribution in [2.75, 3.05) is 10.0 Å². The fourth-order valence-corrected chi connectivity index (χ4v) is 4.88. The van der Waals surface area contributed by atoms with Crippen LogP contribution in [0, 0.1) is 12.7 Å². The third-order valence-electron chi connectivity index (χ3n) is 4.30. The third kappa shape index (κ3) is 4.17. The van der Waals surface area contributed by atoms with Crippen LogP contribution in [-0.2, 0) is 10.0 Å². The number of sulfonamides is 1. The first-order valence-corrected chi connectivity index (χ1v) is 11.2. The van der Waals surface area contributed by atoms with E-state index in [1.165, 1.54) is 23.5 Å². The van der Waals surface area contributed by atoms with Crippen molar-refractivity contribution in [1.82, 2.24) is 4.98 Å². The van der Waals surface area contributed by atoms with Crippen molar-refractivity contribution in [2.45, 2.75) is 11.8 Å². The van der Waals surface area contributed by atoms with Crippen LogP contribution in [0.4, 0.5) is 15.2 Å². The van der Waals surface area contributed by atoms with Gasteiger partial charge in [-0.3, -0.25) is 14.8 Å². The van der Waals surface area contributed by atoms with Crippen LogP contribution in [-0.4, -0.2) is 19.3 Å². The highest BCUT2D eigenvalue weighted by Crippen LogP contribution is 2.28. The summed E-state index contributed by atoms with van der Waals surface area (Å²) in [4.78, 5) is 17.1. The highest BCUT2D eigenvalue weighted by molar-refractivity contribution is 7.92. The van der Waals surface area contributed by atoms with Gasteiger partial charge in [0.25, 0.3) is 15.9 Å². The maximum atomic E-state index is 13.1. The maximum absolute atomic E-state index is 13.1. The summed E-state index contributed by atoms with van der Waals surface area (Å²) in [6.07, 6.45) is 0. The zero-order valence-corrected chi connectivity index (χ0v) is 17.4. The molecule has 9 heteroatoms. The molecule has 4 aromatic rings. The second-order valence-corrected chi connectivity index (χ2v) is 9.26. The van der Waals surface area contributed by atoms with Crippen LogP contribution in [0.25, 0.3) is 10.2 Å². The Morgan fingerprint density at radius 3 is 2.53 bits per heavy atom. The lowest BCUT2D eigenvalue weighted by Gasteiger charge is -2.12. The van der Waals surface area contributed by atoms with E-state index < -0.39 is 21.7 Å². The van der Waals surface area contributed by atoms with Crippen molar-refractivity contribution >= 4 is 48.3 Å². The van der Waals surface area contributed by atoms with Crippen molar-refractivity contribution in [3.63, 3.8) is 0 Å². The van der Waals surface area contributed by atoms with Crippen molar-refractivity contribution < 1.29 is 17.6 Å². The molecule has 0 aliphatic carbocycles. The topological polar surface area (TPSA) is 88.2 Å². The quantitative estimate of drug-likeness (QED) is 0.466. The number of carbonyl (C=O) groups is 1. The minimum atomic E-state index is -3.99. The maximum Gasteiger partial charge on any atom is 0.261 e. The Balaban J connectivity index is 1.60. The van der Waals surface area contributed by atoms with Crippen molar-refractivity contribution in [3.8, 4) is 0 Å². The molecule has 1 aromatic heterocycles. The Morgan fingerprint density at radius 2 is 1.77 bits per heavy atom. The first kappa shape index (κ1) is 20.0. The average Bonchev–Trinajstić information content (AvgIpc) is 3.09. The van der Waals surface area contributed by atoms with Crippen LogP contribution in [0.5, 0.6) is 0 Å². The Hall–Kier alpha value is -3.30. The molecule has 4 rings (SSSR count). The van der Waals surface area contributed by atoms with Gasteiger partial charge < -0.3 is 0 Å². The van der Waals surface area contributed by atoms with Gasteiger partial charge in [0.15, 0.2) is 5.13 Å². The van der Waals surface area contributed by atoms with E-state index in [-0.39, 0.29) is 16.1 Å². The number of rotatable bonds is 5. The van der Waals surface area contributed by atoms with Crippen LogP contribution in [0.2, 0.25) is 0 Å². The number of carbonyl (C=O) groups excluding carboxylic acids is 1. The first-order valence-electron chi connectivity index (χ1n) is 8.88. The zero-order chi connectivity index (χ0) is 21.3. The SMILES string of the molecule is Cc1ccc2nc(NC(=O)c3ccccc3NS(=O)(=O)c3ccc(F)cc3)sc2c1. The Morgan fingerprint density at radius 1 is 1.03 bits per heavy atom. The molecule has 0 fully saturated rings. The molecule has 0 bridgehead atoms. The normalized spacial score (nSPS) is 11.4. The summed E-state index contributed by atoms with van der Waals surface area (Å²) in [7, 11) is -3.99. The summed E-state index contributed by atoms with van der Waals surface area (Å²) < 4.78 is 41.7. The minimum Gasteiger partial charge on any atom is -0.298 e. The smallest absolute Gasteiger partial charge is 0.261 e. The molecule has 0 atom stereocenters. The van der Waals surface area contributed by atoms with Gasteiger partial charge in [-0.15, -0.1) is 0 Å². The molecule has 0 spiro atoms. The van der Waals surface area contributed by atoms with Gasteiger partial charge in [-0.25, -0.2) is 17.8 Å². The van der Waals surface area contributed by atoms with E-state index in [2.05, 4.69) is 15.0 Å². The van der Waals surface area contributed by atoms with Crippen molar-refractivity contribution in [1.29, 1.82) is 0 Å². The number of halogens is 1. The molecule has 2 N–H and O–H groups in total. The molecule has 0 aliphatic rings. The molecule has 3 aromatic carbocycles. The highest BCUT2D eigenvalue weighted by atomic mass is 32.2. The second-order valence-electron chi connectivity index (χ2n) is 6.55. The number of fused-ring (bicyclic) bond motifs is 1. The zero-order valence-electron chi connectivity index (χ0n) is 15.7. The second kappa shape index (κ2) is 7.85. The Labute approximate surface area is 176 Å². The van der Waals surface area contributed by atoms with E-state index in [4.69, 9.17) is 0 Å². The molecule has 152 valence electrons. The number of thiazole rings is 1. The molecule has 0 saturated carbocycles. The van der Waals surface area contributed by atoms with Crippen LogP contribution in [0.3, 0.4) is 0 Å². The number of aryl methyl sites for hydroxylation is 1. The average molecular weight is 442 g/mol. The molecular weight excluding hydrogens is 425 g/mol. The van der Waals surface area contributed by atoms with Gasteiger partial charge in [-0.2, -0.15) is 0 Å². The number of hydrogen-bond acceptors (Lipinski definition) is 5. The number of anilines is 2. The number of benzene rings is 3. The molecule has 0 unspecified atom stereocenters. The highest BCUT2D eigenvalue weighted by Gasteiger charge is 2.19. The number of nitrogens with one attached hydrogen (secondary N) is 2. The Kier molecular flexibility index (Phi) is 5.23. The van der Waals surface area contributed by atoms with Gasteiger partial charge in [0.2, 0.25) is 0 Å². The monoisotopic (exact) mass is 441 g/mol. The summed E-state index contributed by atoms with van der Waals surface area (Å²) in [5.41, 5.74) is 2.10. The molecule has 1 heterocycles. The number of hydrogen-bond donors (Lipinski definition) is 2. The minimum absolute atomic E-state index is 0.108. The number of nitrogens with zero attached hydrogens (tertiary/aromatic N) is 1. The fourth-order valence-electron chi connectivity index (χ4n) is 2.84. The van der Waals surface area contributed by atoms with E-state index in [0.717, 1.165) is 40.0 Å². The van der Waals surface area contributed by atoms with Gasteiger partial charge in [0.05, 0.1) is 26.4 Å². The van der Waals surface area contributed by atoms with Crippen molar-refractivity contribution in [3.05, 3.63) is 83.7 Å². The Bertz CT molecular complexity index is 1350. The molecule has 0 saturated heterocycles. The molecule has 0 aliphatic heterocycles. The van der Waals surface area contributed by atoms with Gasteiger partial charge in [0.1, 0.15) is 5.82 Å². The predicted molar refractivity (Wildman–Crippen MR) is 116 cm³/mol. The van der Waals surface area contributed by atoms with Crippen LogP contribution < -0.4 is 10.0 Å². The summed E-state index contributed by atoms with van der Waals surface area (Å²) in [6, 6.07) is 16.5. The number of para-hydroxylation sites is 1. The fraction of sp³-hybridized carbons (Fsp3) is 0.0476. The van der Waals surface area contributed by atoms with Gasteiger partial charge in [0, 0.05) is 0 Å². The molecular formula is C21H16FN3O3S2. The van der Waals surface area contributed by atoms with E-state index >= 15 is 0 Å². The van der Waals surface area contributed by atoms with Crippen LogP contribution >= 0.6 is 11.3 Å². The van der Waals surface area contributed by atoms with E-state index in [9.17, 15) is 17.6 Å². The summed E-state index contributed by atoms with van der Waals surface area (Å²) in [5, 5.41) is 3.14. The van der Waals surface area contributed by atoms with E-state index in [1.54, 1.807) is 12.1 Å². The standard InChI is InChI=1S/C21H16FN3O3S2/c1-13-6-11-18-19(12-13)29-21(23-18)24-20(26)16-4-2-3-5-17(16)25-30(27,28)15-9-7-14(22)8-10-15/h2-12,25H,1H3,(H,23,24,26). The summed E-state index contributed by atoms with van der Waals surface area (Å²) in [6.45, 7) is 1.97. The van der Waals surface area contributed by atoms with E-state index in [0.29, 0.717) is 5.13 Å². The van der Waals surface area contributed by atoms with Crippen molar-refractivity contribution in [2.24, 2.45) is 0 Å². The molecule has 0 radical (unpaired) electrons. The molecule has 1 amide bonds. The van der Waals surface area contributed by atoms with Crippen LogP contribution in [0.1, 0.15) is 15.9 Å². The number of aromatic nitrogens is 1. The third-order valence-corrected chi connectivity index (χ3v) is 6.62.